The van der Waals surface area contributed by atoms with Crippen LogP contribution in [0, 0.1) is 11.3 Å². The molecule has 0 spiro atoms. The maximum Gasteiger partial charge on any atom is 0.425 e. The number of benzene rings is 2. The maximum absolute atomic E-state index is 12.8. The zero-order valence-corrected chi connectivity index (χ0v) is 32.8. The Bertz CT molecular complexity index is 2040. The van der Waals surface area contributed by atoms with Crippen molar-refractivity contribution in [2.75, 3.05) is 9.80 Å². The van der Waals surface area contributed by atoms with Crippen molar-refractivity contribution in [3.63, 3.8) is 0 Å². The third kappa shape index (κ3) is 12.0. The molecule has 4 rings (SSSR count). The number of carbonyl (C=O) groups excluding carboxylic acids is 5. The zero-order valence-electron chi connectivity index (χ0n) is 32.8. The first-order valence-corrected chi connectivity index (χ1v) is 17.0. The molecule has 2 aromatic carbocycles. The average Bonchev–Trinajstić information content (AvgIpc) is 3.01. The van der Waals surface area contributed by atoms with Gasteiger partial charge in [0.15, 0.2) is 11.6 Å². The van der Waals surface area contributed by atoms with Crippen molar-refractivity contribution in [3.05, 3.63) is 72.1 Å². The minimum atomic E-state index is -0.892. The third-order valence-corrected chi connectivity index (χ3v) is 6.50. The lowest BCUT2D eigenvalue weighted by molar-refractivity contribution is 0.0407. The Morgan fingerprint density at radius 2 is 0.926 bits per heavy atom. The van der Waals surface area contributed by atoms with E-state index in [9.17, 15) is 24.0 Å². The smallest absolute Gasteiger partial charge is 0.425 e. The topological polar surface area (TPSA) is 178 Å². The van der Waals surface area contributed by atoms with Gasteiger partial charge in [0.25, 0.3) is 0 Å². The second-order valence-electron chi connectivity index (χ2n) is 16.0. The van der Waals surface area contributed by atoms with Gasteiger partial charge in [-0.25, -0.2) is 29.1 Å². The predicted molar refractivity (Wildman–Crippen MR) is 203 cm³/mol. The molecule has 0 aliphatic carbocycles. The number of fused-ring (bicyclic) bond motifs is 2. The van der Waals surface area contributed by atoms with Gasteiger partial charge in [0.05, 0.1) is 11.6 Å². The number of nitrogens with zero attached hydrogens (tertiary/aromatic N) is 5. The predicted octanol–water partition coefficient (Wildman–Crippen LogP) is 9.51. The molecule has 4 aromatic rings. The first kappa shape index (κ1) is 42.3. The highest BCUT2D eigenvalue weighted by Crippen LogP contribution is 2.30. The van der Waals surface area contributed by atoms with Crippen LogP contribution in [0.5, 0.6) is 0 Å². The molecule has 0 aliphatic rings. The lowest BCUT2D eigenvalue weighted by Crippen LogP contribution is -2.44. The van der Waals surface area contributed by atoms with E-state index < -0.39 is 46.8 Å². The van der Waals surface area contributed by atoms with Gasteiger partial charge in [-0.1, -0.05) is 6.07 Å². The van der Waals surface area contributed by atoms with Crippen LogP contribution < -0.4 is 9.80 Å². The van der Waals surface area contributed by atoms with Crippen LogP contribution in [0.15, 0.2) is 60.9 Å². The highest BCUT2D eigenvalue weighted by Gasteiger charge is 2.36. The quantitative estimate of drug-likeness (QED) is 0.144. The van der Waals surface area contributed by atoms with Crippen LogP contribution in [0.3, 0.4) is 0 Å². The van der Waals surface area contributed by atoms with Crippen molar-refractivity contribution >= 4 is 63.8 Å². The Kier molecular flexibility index (Phi) is 12.8. The molecule has 0 bridgehead atoms. The van der Waals surface area contributed by atoms with Gasteiger partial charge < -0.3 is 18.9 Å². The number of imide groups is 2. The van der Waals surface area contributed by atoms with E-state index in [1.54, 1.807) is 132 Å². The molecule has 0 aliphatic heterocycles. The van der Waals surface area contributed by atoms with E-state index in [2.05, 4.69) is 16.0 Å². The van der Waals surface area contributed by atoms with Gasteiger partial charge >= 0.3 is 24.4 Å². The Balaban J connectivity index is 0.000000290. The van der Waals surface area contributed by atoms with Gasteiger partial charge in [0, 0.05) is 28.7 Å². The van der Waals surface area contributed by atoms with Gasteiger partial charge in [0.2, 0.25) is 0 Å². The van der Waals surface area contributed by atoms with Crippen LogP contribution in [0.1, 0.15) is 99.0 Å². The summed E-state index contributed by atoms with van der Waals surface area (Å²) in [7, 11) is 0. The van der Waals surface area contributed by atoms with Crippen molar-refractivity contribution in [3.8, 4) is 6.07 Å². The summed E-state index contributed by atoms with van der Waals surface area (Å²) in [6, 6.07) is 15.2. The minimum absolute atomic E-state index is 0.0773. The van der Waals surface area contributed by atoms with Crippen molar-refractivity contribution in [1.82, 2.24) is 9.97 Å². The number of nitriles is 1. The molecule has 14 nitrogen and oxygen atoms in total. The van der Waals surface area contributed by atoms with Gasteiger partial charge in [-0.3, -0.25) is 4.79 Å². The Morgan fingerprint density at radius 3 is 1.26 bits per heavy atom. The number of hydrogen-bond acceptors (Lipinski definition) is 12. The van der Waals surface area contributed by atoms with Crippen molar-refractivity contribution in [2.45, 2.75) is 105 Å². The number of carbonyl (C=O) groups is 5. The summed E-state index contributed by atoms with van der Waals surface area (Å²) in [5.74, 6) is 0.161. The van der Waals surface area contributed by atoms with Crippen LogP contribution >= 0.6 is 0 Å². The molecule has 0 atom stereocenters. The Hall–Kier alpha value is -6.10. The third-order valence-electron chi connectivity index (χ3n) is 6.50. The molecular weight excluding hydrogens is 694 g/mol. The highest BCUT2D eigenvalue weighted by atomic mass is 16.6. The summed E-state index contributed by atoms with van der Waals surface area (Å²) < 4.78 is 21.5. The second-order valence-corrected chi connectivity index (χ2v) is 16.0. The Labute approximate surface area is 314 Å². The number of pyridine rings is 2. The lowest BCUT2D eigenvalue weighted by atomic mass is 10.1. The molecule has 0 saturated carbocycles. The van der Waals surface area contributed by atoms with E-state index in [0.717, 1.165) is 16.1 Å². The summed E-state index contributed by atoms with van der Waals surface area (Å²) in [6.07, 6.45) is 0.0720. The minimum Gasteiger partial charge on any atom is -0.443 e. The van der Waals surface area contributed by atoms with Crippen molar-refractivity contribution < 1.29 is 42.9 Å². The first-order valence-electron chi connectivity index (χ1n) is 17.0. The number of ether oxygens (including phenoxy) is 4. The monoisotopic (exact) mass is 741 g/mol. The average molecular weight is 742 g/mol. The number of amides is 4. The molecule has 0 saturated heterocycles. The summed E-state index contributed by atoms with van der Waals surface area (Å²) in [6.45, 7) is 20.4. The fourth-order valence-corrected chi connectivity index (χ4v) is 4.57. The molecule has 54 heavy (non-hydrogen) atoms. The molecule has 286 valence electrons. The molecular formula is C40H47N5O9. The number of anilines is 2. The summed E-state index contributed by atoms with van der Waals surface area (Å²) in [5.41, 5.74) is -2.31. The maximum atomic E-state index is 12.8. The summed E-state index contributed by atoms with van der Waals surface area (Å²) >= 11 is 0. The molecule has 0 fully saturated rings. The molecule has 0 unspecified atom stereocenters. The zero-order chi connectivity index (χ0) is 40.8. The number of aldehydes is 1. The van der Waals surface area contributed by atoms with Crippen LogP contribution in [0.2, 0.25) is 0 Å². The summed E-state index contributed by atoms with van der Waals surface area (Å²) in [5, 5.41) is 11.4. The molecule has 0 N–H and O–H groups in total. The van der Waals surface area contributed by atoms with E-state index >= 15 is 0 Å². The highest BCUT2D eigenvalue weighted by molar-refractivity contribution is 6.15. The second kappa shape index (κ2) is 16.3. The van der Waals surface area contributed by atoms with Gasteiger partial charge in [0.1, 0.15) is 28.7 Å². The van der Waals surface area contributed by atoms with E-state index in [4.69, 9.17) is 24.2 Å². The largest absolute Gasteiger partial charge is 0.443 e. The lowest BCUT2D eigenvalue weighted by Gasteiger charge is -2.28. The van der Waals surface area contributed by atoms with Crippen LogP contribution in [-0.2, 0) is 18.9 Å². The summed E-state index contributed by atoms with van der Waals surface area (Å²) in [4.78, 5) is 72.0. The van der Waals surface area contributed by atoms with Crippen LogP contribution in [-0.4, -0.2) is 63.0 Å². The van der Waals surface area contributed by atoms with Gasteiger partial charge in [-0.2, -0.15) is 15.1 Å². The fraction of sp³-hybridized carbons (Fsp3) is 0.400. The van der Waals surface area contributed by atoms with Crippen molar-refractivity contribution in [1.29, 1.82) is 5.26 Å². The molecule has 2 heterocycles. The van der Waals surface area contributed by atoms with Crippen LogP contribution in [0.25, 0.3) is 21.5 Å². The van der Waals surface area contributed by atoms with Crippen LogP contribution in [0.4, 0.5) is 30.8 Å². The molecule has 14 heteroatoms. The number of rotatable bonds is 3. The number of hydrogen-bond donors (Lipinski definition) is 0. The SMILES string of the molecule is CC(C)(C)OC(=O)N(C(=O)OC(C)(C)C)c1nccc2cc(C#N)ccc12.CC(C)(C)OC(=O)N(C(=O)OC(C)(C)C)c1nccc2cc(C=O)ccc12. The van der Waals surface area contributed by atoms with E-state index in [-0.39, 0.29) is 11.6 Å². The van der Waals surface area contributed by atoms with E-state index in [1.807, 2.05) is 0 Å². The first-order chi connectivity index (χ1) is 24.8. The molecule has 4 amide bonds. The molecule has 2 aromatic heterocycles. The normalized spacial score (nSPS) is 11.7. The van der Waals surface area contributed by atoms with Crippen molar-refractivity contribution in [2.24, 2.45) is 0 Å². The molecule has 0 radical (unpaired) electrons. The van der Waals surface area contributed by atoms with E-state index in [1.165, 1.54) is 12.4 Å². The fourth-order valence-electron chi connectivity index (χ4n) is 4.57. The van der Waals surface area contributed by atoms with E-state index in [0.29, 0.717) is 32.7 Å². The number of aromatic nitrogens is 2. The van der Waals surface area contributed by atoms with Gasteiger partial charge in [-0.05, 0) is 136 Å². The standard InChI is InChI=1S/C20H23N3O4.C20H24N2O5/c1-19(2,3)26-17(24)23(18(25)27-20(4,5)6)16-15-8-7-13(12-21)11-14(15)9-10-22-16;1-19(2,3)26-17(24)22(18(25)27-20(4,5)6)16-15-8-7-13(12-23)11-14(15)9-10-21-16/h7-11H,1-6H3;7-12H,1-6H3. The van der Waals surface area contributed by atoms with Gasteiger partial charge in [-0.15, -0.1) is 0 Å². The Morgan fingerprint density at radius 1 is 0.574 bits per heavy atom.